The summed E-state index contributed by atoms with van der Waals surface area (Å²) in [6.45, 7) is 4.68. The minimum absolute atomic E-state index is 0.111. The van der Waals surface area contributed by atoms with Gasteiger partial charge in [0.25, 0.3) is 0 Å². The van der Waals surface area contributed by atoms with Crippen LogP contribution in [0.1, 0.15) is 58.5 Å². The second kappa shape index (κ2) is 13.4. The van der Waals surface area contributed by atoms with Crippen LogP contribution in [-0.2, 0) is 17.3 Å². The number of hydrogen-bond acceptors (Lipinski definition) is 2. The molecule has 63 heavy (non-hydrogen) atoms. The molecule has 0 saturated carbocycles. The number of fused-ring (bicyclic) bond motifs is 11. The molecular formula is C61H42N2. The van der Waals surface area contributed by atoms with Crippen LogP contribution in [-0.4, -0.2) is 9.97 Å². The van der Waals surface area contributed by atoms with Crippen LogP contribution in [0.3, 0.4) is 0 Å². The second-order valence-electron chi connectivity index (χ2n) is 18.0. The van der Waals surface area contributed by atoms with Crippen LogP contribution in [0.4, 0.5) is 0 Å². The highest BCUT2D eigenvalue weighted by Gasteiger charge is 2.46. The fraction of sp³-hybridized carbons (Fsp3) is 0.0820. The van der Waals surface area contributed by atoms with E-state index in [-0.39, 0.29) is 5.41 Å². The monoisotopic (exact) mass is 802 g/mol. The summed E-state index contributed by atoms with van der Waals surface area (Å²) < 4.78 is 0. The maximum Gasteiger partial charge on any atom is 0.0973 e. The van der Waals surface area contributed by atoms with Gasteiger partial charge in [0.2, 0.25) is 0 Å². The van der Waals surface area contributed by atoms with Crippen molar-refractivity contribution < 1.29 is 0 Å². The molecule has 0 atom stereocenters. The molecule has 1 aromatic heterocycles. The Balaban J connectivity index is 0.924. The first kappa shape index (κ1) is 36.0. The summed E-state index contributed by atoms with van der Waals surface area (Å²) in [6.07, 6.45) is 0.794. The Hall–Kier alpha value is -7.68. The highest BCUT2D eigenvalue weighted by Crippen LogP contribution is 2.58. The molecule has 0 N–H and O–H groups in total. The van der Waals surface area contributed by atoms with Crippen molar-refractivity contribution in [3.8, 4) is 67.2 Å². The van der Waals surface area contributed by atoms with Gasteiger partial charge in [0, 0.05) is 28.5 Å². The van der Waals surface area contributed by atoms with Gasteiger partial charge in [-0.25, -0.2) is 9.97 Å². The lowest BCUT2D eigenvalue weighted by atomic mass is 9.67. The molecule has 0 aliphatic heterocycles. The SMILES string of the molecule is CC1(C)c2ccccc2-c2ccc(-c3nc4c(nc3-c3ccc(-c5ccc6c7c(ccc6c5)C(c5ccccc5)(c5ccccc5)c5ccccc5-7)cc3)-c3ccccc3C4)cc21. The third-order valence-corrected chi connectivity index (χ3v) is 14.4. The Bertz CT molecular complexity index is 3450. The standard InChI is InChI=1S/C61H42N2/c1-60(2)51-23-13-11-21-48(51)49-33-30-43(36-54(49)60)58-57(63-59-47-20-10-9-15-41(47)37-55(59)62-58)39-27-25-38(26-28-39)40-29-32-46-42(35-40)31-34-53-56(46)50-22-12-14-24-52(50)61(53,44-16-5-3-6-17-44)45-18-7-4-8-19-45/h3-36H,37H2,1-2H3. The zero-order chi connectivity index (χ0) is 41.9. The van der Waals surface area contributed by atoms with E-state index in [4.69, 9.17) is 9.97 Å². The van der Waals surface area contributed by atoms with Gasteiger partial charge in [-0.2, -0.15) is 0 Å². The van der Waals surface area contributed by atoms with E-state index in [1.165, 1.54) is 88.7 Å². The molecule has 10 aromatic rings. The van der Waals surface area contributed by atoms with Crippen LogP contribution < -0.4 is 0 Å². The largest absolute Gasteiger partial charge is 0.248 e. The molecule has 296 valence electrons. The van der Waals surface area contributed by atoms with Gasteiger partial charge in [-0.15, -0.1) is 0 Å². The van der Waals surface area contributed by atoms with E-state index in [1.807, 2.05) is 0 Å². The summed E-state index contributed by atoms with van der Waals surface area (Å²) in [5.41, 5.74) is 23.5. The summed E-state index contributed by atoms with van der Waals surface area (Å²) in [4.78, 5) is 11.0. The minimum atomic E-state index is -0.417. The lowest BCUT2D eigenvalue weighted by Gasteiger charge is -2.33. The zero-order valence-electron chi connectivity index (χ0n) is 35.2. The van der Waals surface area contributed by atoms with Crippen LogP contribution >= 0.6 is 0 Å². The normalized spacial score (nSPS) is 14.4. The summed E-state index contributed by atoms with van der Waals surface area (Å²) in [7, 11) is 0. The first-order chi connectivity index (χ1) is 31.0. The van der Waals surface area contributed by atoms with Crippen LogP contribution in [0.15, 0.2) is 206 Å². The number of aromatic nitrogens is 2. The van der Waals surface area contributed by atoms with Crippen molar-refractivity contribution in [1.82, 2.24) is 9.97 Å². The lowest BCUT2D eigenvalue weighted by molar-refractivity contribution is 0.660. The Morgan fingerprint density at radius 2 is 0.968 bits per heavy atom. The topological polar surface area (TPSA) is 25.8 Å². The van der Waals surface area contributed by atoms with Gasteiger partial charge in [-0.05, 0) is 95.2 Å². The predicted octanol–water partition coefficient (Wildman–Crippen LogP) is 14.9. The molecule has 0 amide bonds. The number of benzene rings is 9. The highest BCUT2D eigenvalue weighted by molar-refractivity contribution is 6.05. The number of rotatable bonds is 5. The van der Waals surface area contributed by atoms with Gasteiger partial charge >= 0.3 is 0 Å². The molecule has 2 heteroatoms. The Labute approximate surface area is 368 Å². The summed E-state index contributed by atoms with van der Waals surface area (Å²) in [6, 6.07) is 76.2. The molecule has 1 heterocycles. The van der Waals surface area contributed by atoms with Crippen molar-refractivity contribution in [2.75, 3.05) is 0 Å². The van der Waals surface area contributed by atoms with Crippen LogP contribution in [0.2, 0.25) is 0 Å². The van der Waals surface area contributed by atoms with Gasteiger partial charge in [-0.3, -0.25) is 0 Å². The van der Waals surface area contributed by atoms with Gasteiger partial charge in [-0.1, -0.05) is 208 Å². The van der Waals surface area contributed by atoms with Crippen molar-refractivity contribution >= 4 is 10.8 Å². The summed E-state index contributed by atoms with van der Waals surface area (Å²) in [5, 5.41) is 2.50. The quantitative estimate of drug-likeness (QED) is 0.173. The molecule has 0 unspecified atom stereocenters. The fourth-order valence-electron chi connectivity index (χ4n) is 11.4. The Morgan fingerprint density at radius 1 is 0.381 bits per heavy atom. The van der Waals surface area contributed by atoms with E-state index in [0.29, 0.717) is 0 Å². The minimum Gasteiger partial charge on any atom is -0.248 e. The zero-order valence-corrected chi connectivity index (χ0v) is 35.2. The average molecular weight is 803 g/mol. The molecular weight excluding hydrogens is 761 g/mol. The smallest absolute Gasteiger partial charge is 0.0973 e. The third-order valence-electron chi connectivity index (χ3n) is 14.4. The molecule has 3 aliphatic carbocycles. The first-order valence-electron chi connectivity index (χ1n) is 22.1. The van der Waals surface area contributed by atoms with E-state index in [9.17, 15) is 0 Å². The highest BCUT2D eigenvalue weighted by atomic mass is 14.9. The van der Waals surface area contributed by atoms with Crippen LogP contribution in [0.5, 0.6) is 0 Å². The van der Waals surface area contributed by atoms with Gasteiger partial charge in [0.15, 0.2) is 0 Å². The van der Waals surface area contributed by atoms with E-state index in [0.717, 1.165) is 40.3 Å². The third kappa shape index (κ3) is 5.13. The molecule has 0 spiro atoms. The number of nitrogens with zero attached hydrogens (tertiary/aromatic N) is 2. The molecule has 3 aliphatic rings. The predicted molar refractivity (Wildman–Crippen MR) is 259 cm³/mol. The van der Waals surface area contributed by atoms with Gasteiger partial charge in [0.1, 0.15) is 0 Å². The Kier molecular flexibility index (Phi) is 7.67. The fourth-order valence-corrected chi connectivity index (χ4v) is 11.4. The van der Waals surface area contributed by atoms with E-state index >= 15 is 0 Å². The Morgan fingerprint density at radius 3 is 1.73 bits per heavy atom. The van der Waals surface area contributed by atoms with E-state index in [2.05, 4.69) is 220 Å². The molecule has 0 bridgehead atoms. The average Bonchev–Trinajstić information content (AvgIpc) is 3.95. The maximum absolute atomic E-state index is 5.50. The number of hydrogen-bond donors (Lipinski definition) is 0. The second-order valence-corrected chi connectivity index (χ2v) is 18.0. The maximum atomic E-state index is 5.50. The van der Waals surface area contributed by atoms with Crippen LogP contribution in [0, 0.1) is 0 Å². The summed E-state index contributed by atoms with van der Waals surface area (Å²) in [5.74, 6) is 0. The molecule has 0 saturated heterocycles. The first-order valence-corrected chi connectivity index (χ1v) is 22.1. The van der Waals surface area contributed by atoms with E-state index in [1.54, 1.807) is 0 Å². The molecule has 2 nitrogen and oxygen atoms in total. The van der Waals surface area contributed by atoms with Crippen molar-refractivity contribution in [2.24, 2.45) is 0 Å². The lowest BCUT2D eigenvalue weighted by Crippen LogP contribution is -2.28. The van der Waals surface area contributed by atoms with E-state index < -0.39 is 5.41 Å². The van der Waals surface area contributed by atoms with Crippen molar-refractivity contribution in [2.45, 2.75) is 31.1 Å². The van der Waals surface area contributed by atoms with Crippen molar-refractivity contribution in [1.29, 1.82) is 0 Å². The van der Waals surface area contributed by atoms with Crippen molar-refractivity contribution in [3.05, 3.63) is 251 Å². The molecule has 0 radical (unpaired) electrons. The molecule has 9 aromatic carbocycles. The van der Waals surface area contributed by atoms with Crippen LogP contribution in [0.25, 0.3) is 77.9 Å². The molecule has 13 rings (SSSR count). The van der Waals surface area contributed by atoms with Gasteiger partial charge in [0.05, 0.1) is 28.2 Å². The molecule has 0 fully saturated rings. The van der Waals surface area contributed by atoms with Crippen molar-refractivity contribution in [3.63, 3.8) is 0 Å². The van der Waals surface area contributed by atoms with Gasteiger partial charge < -0.3 is 0 Å². The summed E-state index contributed by atoms with van der Waals surface area (Å²) >= 11 is 0.